The van der Waals surface area contributed by atoms with Gasteiger partial charge in [0.15, 0.2) is 17.5 Å². The largest absolute Gasteiger partial charge is 0.454 e. The van der Waals surface area contributed by atoms with Gasteiger partial charge in [0.2, 0.25) is 6.79 Å². The van der Waals surface area contributed by atoms with Crippen molar-refractivity contribution in [3.05, 3.63) is 22.7 Å². The van der Waals surface area contributed by atoms with Gasteiger partial charge in [-0.05, 0) is 36.5 Å². The lowest BCUT2D eigenvalue weighted by molar-refractivity contribution is 0.174. The van der Waals surface area contributed by atoms with Gasteiger partial charge in [-0.1, -0.05) is 11.6 Å². The lowest BCUT2D eigenvalue weighted by Crippen LogP contribution is -2.37. The Balaban J connectivity index is 1.64. The summed E-state index contributed by atoms with van der Waals surface area (Å²) < 4.78 is 10.8. The van der Waals surface area contributed by atoms with Gasteiger partial charge in [0.1, 0.15) is 0 Å². The first-order chi connectivity index (χ1) is 9.72. The Labute approximate surface area is 122 Å². The van der Waals surface area contributed by atoms with E-state index in [1.54, 1.807) is 0 Å². The quantitative estimate of drug-likeness (QED) is 0.928. The molecule has 1 unspecified atom stereocenters. The van der Waals surface area contributed by atoms with Crippen LogP contribution in [0.2, 0.25) is 5.02 Å². The number of nitrogens with two attached hydrogens (primary N) is 1. The van der Waals surface area contributed by atoms with E-state index in [-0.39, 0.29) is 12.8 Å². The van der Waals surface area contributed by atoms with Gasteiger partial charge in [0.25, 0.3) is 0 Å². The second kappa shape index (κ2) is 4.45. The van der Waals surface area contributed by atoms with Gasteiger partial charge in [-0.3, -0.25) is 4.99 Å². The molecule has 1 atom stereocenters. The molecule has 6 heteroatoms. The van der Waals surface area contributed by atoms with E-state index in [4.69, 9.17) is 26.8 Å². The minimum Gasteiger partial charge on any atom is -0.454 e. The lowest BCUT2D eigenvalue weighted by atomic mass is 10.1. The molecule has 5 nitrogen and oxygen atoms in total. The number of halogens is 1. The monoisotopic (exact) mass is 293 g/mol. The number of hydrogen-bond donors (Lipinski definition) is 1. The average molecular weight is 294 g/mol. The van der Waals surface area contributed by atoms with Crippen molar-refractivity contribution in [2.45, 2.75) is 18.9 Å². The first-order valence-electron chi connectivity index (χ1n) is 6.88. The van der Waals surface area contributed by atoms with Crippen molar-refractivity contribution in [2.75, 3.05) is 19.9 Å². The first-order valence-corrected chi connectivity index (χ1v) is 7.26. The molecule has 0 radical (unpaired) electrons. The minimum absolute atomic E-state index is 0.155. The Bertz CT molecular complexity index is 586. The maximum atomic E-state index is 6.26. The molecular formula is C14H16ClN3O2. The van der Waals surface area contributed by atoms with Crippen molar-refractivity contribution in [3.63, 3.8) is 0 Å². The molecule has 0 spiro atoms. The smallest absolute Gasteiger partial charge is 0.231 e. The Morgan fingerprint density at radius 2 is 2.20 bits per heavy atom. The summed E-state index contributed by atoms with van der Waals surface area (Å²) in [5.41, 5.74) is 7.11. The second-order valence-corrected chi connectivity index (χ2v) is 5.95. The van der Waals surface area contributed by atoms with E-state index in [9.17, 15) is 0 Å². The lowest BCUT2D eigenvalue weighted by Gasteiger charge is -2.26. The average Bonchev–Trinajstić information content (AvgIpc) is 2.98. The third-order valence-electron chi connectivity index (χ3n) is 4.08. The van der Waals surface area contributed by atoms with Crippen LogP contribution in [0.4, 0.5) is 0 Å². The number of nitrogens with zero attached hydrogens (tertiary/aromatic N) is 2. The van der Waals surface area contributed by atoms with Crippen LogP contribution in [0.1, 0.15) is 24.4 Å². The molecule has 20 heavy (non-hydrogen) atoms. The van der Waals surface area contributed by atoms with Gasteiger partial charge in [-0.2, -0.15) is 0 Å². The van der Waals surface area contributed by atoms with Crippen LogP contribution in [-0.2, 0) is 0 Å². The van der Waals surface area contributed by atoms with E-state index in [2.05, 4.69) is 9.89 Å². The zero-order valence-electron chi connectivity index (χ0n) is 11.0. The van der Waals surface area contributed by atoms with E-state index in [1.807, 2.05) is 12.1 Å². The van der Waals surface area contributed by atoms with Crippen LogP contribution in [0, 0.1) is 5.92 Å². The summed E-state index contributed by atoms with van der Waals surface area (Å²) >= 11 is 6.26. The highest BCUT2D eigenvalue weighted by molar-refractivity contribution is 6.32. The summed E-state index contributed by atoms with van der Waals surface area (Å²) in [5.74, 6) is 2.74. The molecule has 1 saturated carbocycles. The molecule has 1 aromatic rings. The zero-order chi connectivity index (χ0) is 13.7. The summed E-state index contributed by atoms with van der Waals surface area (Å²) in [6.45, 7) is 1.88. The van der Waals surface area contributed by atoms with Crippen LogP contribution in [-0.4, -0.2) is 30.7 Å². The highest BCUT2D eigenvalue weighted by Gasteiger charge is 2.34. The van der Waals surface area contributed by atoms with Gasteiger partial charge in [-0.25, -0.2) is 0 Å². The maximum absolute atomic E-state index is 6.26. The summed E-state index contributed by atoms with van der Waals surface area (Å²) in [4.78, 5) is 6.57. The molecule has 0 aromatic heterocycles. The molecule has 2 aliphatic heterocycles. The van der Waals surface area contributed by atoms with Gasteiger partial charge in [0, 0.05) is 6.54 Å². The molecule has 2 heterocycles. The van der Waals surface area contributed by atoms with Gasteiger partial charge < -0.3 is 20.1 Å². The number of fused-ring (bicyclic) bond motifs is 1. The van der Waals surface area contributed by atoms with Crippen LogP contribution >= 0.6 is 11.6 Å². The van der Waals surface area contributed by atoms with Crippen molar-refractivity contribution in [2.24, 2.45) is 16.6 Å². The summed E-state index contributed by atoms with van der Waals surface area (Å²) in [6.07, 6.45) is 2.58. The van der Waals surface area contributed by atoms with Crippen molar-refractivity contribution in [1.29, 1.82) is 0 Å². The van der Waals surface area contributed by atoms with Crippen LogP contribution < -0.4 is 15.2 Å². The summed E-state index contributed by atoms with van der Waals surface area (Å²) in [5, 5.41) is 0.590. The fourth-order valence-electron chi connectivity index (χ4n) is 2.79. The molecule has 1 fully saturated rings. The summed E-state index contributed by atoms with van der Waals surface area (Å²) in [6, 6.07) is 4.09. The molecule has 2 N–H and O–H groups in total. The van der Waals surface area contributed by atoms with E-state index >= 15 is 0 Å². The van der Waals surface area contributed by atoms with Crippen LogP contribution in [0.15, 0.2) is 17.1 Å². The number of rotatable bonds is 3. The van der Waals surface area contributed by atoms with E-state index in [0.717, 1.165) is 18.0 Å². The Morgan fingerprint density at radius 3 is 3.00 bits per heavy atom. The summed E-state index contributed by atoms with van der Waals surface area (Å²) in [7, 11) is 0. The predicted octanol–water partition coefficient (Wildman–Crippen LogP) is 2.15. The molecule has 0 bridgehead atoms. The van der Waals surface area contributed by atoms with Crippen LogP contribution in [0.25, 0.3) is 0 Å². The Morgan fingerprint density at radius 1 is 1.35 bits per heavy atom. The third-order valence-corrected chi connectivity index (χ3v) is 4.36. The second-order valence-electron chi connectivity index (χ2n) is 5.55. The van der Waals surface area contributed by atoms with Crippen LogP contribution in [0.5, 0.6) is 11.5 Å². The van der Waals surface area contributed by atoms with Crippen molar-refractivity contribution >= 4 is 17.6 Å². The van der Waals surface area contributed by atoms with Gasteiger partial charge >= 0.3 is 0 Å². The molecule has 0 saturated heterocycles. The molecule has 4 rings (SSSR count). The fourth-order valence-corrected chi connectivity index (χ4v) is 3.07. The van der Waals surface area contributed by atoms with Crippen molar-refractivity contribution in [3.8, 4) is 11.5 Å². The SMILES string of the molecule is NC1=NCC(c2cc(Cl)c3c(c2)OCO3)N1CC1CC1. The standard InChI is InChI=1S/C14H16ClN3O2/c15-10-3-9(4-12-13(10)20-7-19-12)11-5-17-14(16)18(11)6-8-1-2-8/h3-4,8,11H,1-2,5-7H2,(H2,16,17). The highest BCUT2D eigenvalue weighted by Crippen LogP contribution is 2.43. The number of aliphatic imine (C=N–C) groups is 1. The molecule has 0 amide bonds. The zero-order valence-corrected chi connectivity index (χ0v) is 11.8. The topological polar surface area (TPSA) is 60.1 Å². The maximum Gasteiger partial charge on any atom is 0.231 e. The number of benzene rings is 1. The molecule has 3 aliphatic rings. The van der Waals surface area contributed by atoms with E-state index in [0.29, 0.717) is 29.0 Å². The van der Waals surface area contributed by atoms with Gasteiger partial charge in [-0.15, -0.1) is 0 Å². The number of guanidine groups is 1. The molecule has 1 aromatic carbocycles. The van der Waals surface area contributed by atoms with E-state index < -0.39 is 0 Å². The predicted molar refractivity (Wildman–Crippen MR) is 76.2 cm³/mol. The molecular weight excluding hydrogens is 278 g/mol. The first kappa shape index (κ1) is 12.1. The van der Waals surface area contributed by atoms with Crippen molar-refractivity contribution in [1.82, 2.24) is 4.90 Å². The Kier molecular flexibility index (Phi) is 2.70. The minimum atomic E-state index is 0.155. The third kappa shape index (κ3) is 1.97. The van der Waals surface area contributed by atoms with Crippen molar-refractivity contribution < 1.29 is 9.47 Å². The van der Waals surface area contributed by atoms with Crippen LogP contribution in [0.3, 0.4) is 0 Å². The molecule has 106 valence electrons. The Hall–Kier alpha value is -1.62. The fraction of sp³-hybridized carbons (Fsp3) is 0.500. The number of hydrogen-bond acceptors (Lipinski definition) is 5. The van der Waals surface area contributed by atoms with Gasteiger partial charge in [0.05, 0.1) is 17.6 Å². The molecule has 1 aliphatic carbocycles. The normalized spacial score (nSPS) is 24.1. The highest BCUT2D eigenvalue weighted by atomic mass is 35.5. The van der Waals surface area contributed by atoms with E-state index in [1.165, 1.54) is 12.8 Å². The number of ether oxygens (including phenoxy) is 2.